The van der Waals surface area contributed by atoms with Crippen molar-refractivity contribution in [2.45, 2.75) is 0 Å². The molecule has 0 bridgehead atoms. The molecular formula is C69H47N3. The first-order chi connectivity index (χ1) is 35.7. The summed E-state index contributed by atoms with van der Waals surface area (Å²) in [6.07, 6.45) is 0. The van der Waals surface area contributed by atoms with Crippen LogP contribution in [0.5, 0.6) is 0 Å². The van der Waals surface area contributed by atoms with E-state index >= 15 is 0 Å². The van der Waals surface area contributed by atoms with E-state index in [4.69, 9.17) is 15.0 Å². The molecular weight excluding hydrogens is 871 g/mol. The zero-order valence-corrected chi connectivity index (χ0v) is 39.5. The lowest BCUT2D eigenvalue weighted by Gasteiger charge is -2.17. The molecule has 0 saturated heterocycles. The predicted octanol–water partition coefficient (Wildman–Crippen LogP) is 18.2. The average molecular weight is 918 g/mol. The van der Waals surface area contributed by atoms with Crippen molar-refractivity contribution in [3.8, 4) is 123 Å². The fourth-order valence-electron chi connectivity index (χ4n) is 9.61. The van der Waals surface area contributed by atoms with Gasteiger partial charge in [0, 0.05) is 16.7 Å². The van der Waals surface area contributed by atoms with Crippen molar-refractivity contribution >= 4 is 0 Å². The van der Waals surface area contributed by atoms with E-state index in [0.29, 0.717) is 17.5 Å². The Kier molecular flexibility index (Phi) is 12.0. The van der Waals surface area contributed by atoms with Crippen molar-refractivity contribution in [3.63, 3.8) is 0 Å². The van der Waals surface area contributed by atoms with Crippen LogP contribution >= 0.6 is 0 Å². The molecule has 3 heteroatoms. The smallest absolute Gasteiger partial charge is 0.164 e. The standard InChI is InChI=1S/C69H47N3/c1-5-17-48(18-6-1)52-29-33-56(34-30-52)60-45-61(57-35-31-53(32-36-57)49-19-7-2-8-20-49)47-62(46-60)63-25-13-14-26-64(63)65-27-15-16-28-66(65)69-71-67(58-41-37-54(38-42-58)50-21-9-3-10-22-50)70-68(72-69)59-43-39-55(40-44-59)51-23-11-4-12-24-51/h1-47H. The molecule has 12 rings (SSSR count). The molecule has 0 unspecified atom stereocenters. The van der Waals surface area contributed by atoms with Crippen molar-refractivity contribution in [1.82, 2.24) is 15.0 Å². The molecule has 0 aliphatic rings. The van der Waals surface area contributed by atoms with Crippen molar-refractivity contribution in [1.29, 1.82) is 0 Å². The SMILES string of the molecule is c1ccc(-c2ccc(-c3cc(-c4ccc(-c5ccccc5)cc4)cc(-c4ccccc4-c4ccccc4-c4nc(-c5ccc(-c6ccccc6)cc5)nc(-c5ccc(-c6ccccc6)cc5)n4)c3)cc2)cc1. The van der Waals surface area contributed by atoms with Crippen molar-refractivity contribution in [3.05, 3.63) is 285 Å². The van der Waals surface area contributed by atoms with E-state index in [2.05, 4.69) is 273 Å². The van der Waals surface area contributed by atoms with Crippen LogP contribution in [0.2, 0.25) is 0 Å². The van der Waals surface area contributed by atoms with Gasteiger partial charge in [-0.25, -0.2) is 15.0 Å². The Morgan fingerprint density at radius 3 is 0.708 bits per heavy atom. The van der Waals surface area contributed by atoms with Gasteiger partial charge in [0.05, 0.1) is 0 Å². The minimum absolute atomic E-state index is 0.603. The summed E-state index contributed by atoms with van der Waals surface area (Å²) < 4.78 is 0. The second-order valence-electron chi connectivity index (χ2n) is 18.0. The van der Waals surface area contributed by atoms with Gasteiger partial charge in [-0.1, -0.05) is 267 Å². The Bertz CT molecular complexity index is 3320. The zero-order chi connectivity index (χ0) is 48.1. The van der Waals surface area contributed by atoms with Crippen LogP contribution in [0.4, 0.5) is 0 Å². The molecule has 1 heterocycles. The van der Waals surface area contributed by atoms with Crippen LogP contribution < -0.4 is 0 Å². The van der Waals surface area contributed by atoms with Gasteiger partial charge >= 0.3 is 0 Å². The van der Waals surface area contributed by atoms with Crippen LogP contribution in [-0.2, 0) is 0 Å². The van der Waals surface area contributed by atoms with E-state index < -0.39 is 0 Å². The molecule has 0 N–H and O–H groups in total. The maximum absolute atomic E-state index is 5.30. The fraction of sp³-hybridized carbons (Fsp3) is 0. The maximum atomic E-state index is 5.30. The number of benzene rings is 11. The predicted molar refractivity (Wildman–Crippen MR) is 300 cm³/mol. The zero-order valence-electron chi connectivity index (χ0n) is 39.5. The van der Waals surface area contributed by atoms with Gasteiger partial charge in [0.2, 0.25) is 0 Å². The van der Waals surface area contributed by atoms with Crippen LogP contribution in [0.1, 0.15) is 0 Å². The van der Waals surface area contributed by atoms with Crippen LogP contribution in [0.25, 0.3) is 123 Å². The van der Waals surface area contributed by atoms with E-state index in [1.54, 1.807) is 0 Å². The Labute approximate surface area is 421 Å². The number of aromatic nitrogens is 3. The van der Waals surface area contributed by atoms with Gasteiger partial charge < -0.3 is 0 Å². The highest BCUT2D eigenvalue weighted by molar-refractivity contribution is 5.93. The van der Waals surface area contributed by atoms with Crippen LogP contribution in [0.3, 0.4) is 0 Å². The molecule has 1 aromatic heterocycles. The van der Waals surface area contributed by atoms with Crippen molar-refractivity contribution in [2.24, 2.45) is 0 Å². The topological polar surface area (TPSA) is 38.7 Å². The highest BCUT2D eigenvalue weighted by atomic mass is 15.0. The third kappa shape index (κ3) is 9.19. The molecule has 72 heavy (non-hydrogen) atoms. The second-order valence-corrected chi connectivity index (χ2v) is 18.0. The van der Waals surface area contributed by atoms with Crippen LogP contribution in [0, 0.1) is 0 Å². The van der Waals surface area contributed by atoms with E-state index in [1.807, 2.05) is 12.1 Å². The fourth-order valence-corrected chi connectivity index (χ4v) is 9.61. The monoisotopic (exact) mass is 917 g/mol. The third-order valence-electron chi connectivity index (χ3n) is 13.4. The molecule has 0 saturated carbocycles. The summed E-state index contributed by atoms with van der Waals surface area (Å²) in [5.41, 5.74) is 21.0. The molecule has 338 valence electrons. The lowest BCUT2D eigenvalue weighted by atomic mass is 9.88. The molecule has 0 fully saturated rings. The number of hydrogen-bond acceptors (Lipinski definition) is 3. The minimum atomic E-state index is 0.603. The molecule has 0 amide bonds. The highest BCUT2D eigenvalue weighted by Crippen LogP contribution is 2.41. The first-order valence-corrected chi connectivity index (χ1v) is 24.4. The van der Waals surface area contributed by atoms with Gasteiger partial charge in [0.15, 0.2) is 17.5 Å². The lowest BCUT2D eigenvalue weighted by Crippen LogP contribution is -2.01. The van der Waals surface area contributed by atoms with Gasteiger partial charge in [-0.2, -0.15) is 0 Å². The molecule has 11 aromatic carbocycles. The Morgan fingerprint density at radius 2 is 0.361 bits per heavy atom. The molecule has 0 spiro atoms. The van der Waals surface area contributed by atoms with E-state index in [0.717, 1.165) is 83.5 Å². The summed E-state index contributed by atoms with van der Waals surface area (Å²) in [4.78, 5) is 15.8. The Hall–Kier alpha value is -9.57. The van der Waals surface area contributed by atoms with E-state index in [-0.39, 0.29) is 0 Å². The van der Waals surface area contributed by atoms with Crippen LogP contribution in [0.15, 0.2) is 285 Å². The van der Waals surface area contributed by atoms with Gasteiger partial charge in [-0.3, -0.25) is 0 Å². The number of rotatable bonds is 11. The highest BCUT2D eigenvalue weighted by Gasteiger charge is 2.19. The molecule has 0 aliphatic heterocycles. The summed E-state index contributed by atoms with van der Waals surface area (Å²) in [6.45, 7) is 0. The van der Waals surface area contributed by atoms with Gasteiger partial charge in [0.25, 0.3) is 0 Å². The average Bonchev–Trinajstić information content (AvgIpc) is 3.48. The maximum Gasteiger partial charge on any atom is 0.164 e. The molecule has 0 radical (unpaired) electrons. The van der Waals surface area contributed by atoms with Gasteiger partial charge in [-0.05, 0) is 107 Å². The van der Waals surface area contributed by atoms with E-state index in [1.165, 1.54) is 22.3 Å². The first-order valence-electron chi connectivity index (χ1n) is 24.4. The second kappa shape index (κ2) is 19.8. The van der Waals surface area contributed by atoms with Gasteiger partial charge in [-0.15, -0.1) is 0 Å². The van der Waals surface area contributed by atoms with E-state index in [9.17, 15) is 0 Å². The molecule has 0 aliphatic carbocycles. The van der Waals surface area contributed by atoms with Crippen molar-refractivity contribution < 1.29 is 0 Å². The lowest BCUT2D eigenvalue weighted by molar-refractivity contribution is 1.07. The van der Waals surface area contributed by atoms with Crippen molar-refractivity contribution in [2.75, 3.05) is 0 Å². The first kappa shape index (κ1) is 43.7. The summed E-state index contributed by atoms with van der Waals surface area (Å²) in [5.74, 6) is 1.82. The Morgan fingerprint density at radius 1 is 0.139 bits per heavy atom. The summed E-state index contributed by atoms with van der Waals surface area (Å²) in [5, 5.41) is 0. The minimum Gasteiger partial charge on any atom is -0.208 e. The number of hydrogen-bond donors (Lipinski definition) is 0. The summed E-state index contributed by atoms with van der Waals surface area (Å²) in [6, 6.07) is 101. The molecule has 3 nitrogen and oxygen atoms in total. The normalized spacial score (nSPS) is 11.1. The van der Waals surface area contributed by atoms with Crippen LogP contribution in [-0.4, -0.2) is 15.0 Å². The quantitative estimate of drug-likeness (QED) is 0.130. The summed E-state index contributed by atoms with van der Waals surface area (Å²) in [7, 11) is 0. The number of nitrogens with zero attached hydrogens (tertiary/aromatic N) is 3. The Balaban J connectivity index is 0.982. The largest absolute Gasteiger partial charge is 0.208 e. The molecule has 12 aromatic rings. The third-order valence-corrected chi connectivity index (χ3v) is 13.4. The summed E-state index contributed by atoms with van der Waals surface area (Å²) >= 11 is 0. The molecule has 0 atom stereocenters. The van der Waals surface area contributed by atoms with Gasteiger partial charge in [0.1, 0.15) is 0 Å².